The lowest BCUT2D eigenvalue weighted by Crippen LogP contribution is -2.10. The lowest BCUT2D eigenvalue weighted by atomic mass is 10.0. The summed E-state index contributed by atoms with van der Waals surface area (Å²) >= 11 is 0. The minimum absolute atomic E-state index is 0.143. The van der Waals surface area contributed by atoms with E-state index < -0.39 is 0 Å². The number of para-hydroxylation sites is 1. The third-order valence-corrected chi connectivity index (χ3v) is 4.36. The van der Waals surface area contributed by atoms with Gasteiger partial charge in [0.05, 0.1) is 0 Å². The molecule has 3 rings (SSSR count). The molecule has 0 spiro atoms. The van der Waals surface area contributed by atoms with Crippen molar-refractivity contribution in [1.29, 1.82) is 0 Å². The molecule has 120 valence electrons. The molecule has 0 saturated heterocycles. The molecule has 1 aromatic carbocycles. The van der Waals surface area contributed by atoms with Gasteiger partial charge in [0.1, 0.15) is 11.5 Å². The van der Waals surface area contributed by atoms with E-state index in [1.165, 1.54) is 12.5 Å². The summed E-state index contributed by atoms with van der Waals surface area (Å²) in [7, 11) is 0. The molecule has 0 bridgehead atoms. The van der Waals surface area contributed by atoms with E-state index >= 15 is 0 Å². The summed E-state index contributed by atoms with van der Waals surface area (Å²) in [4.78, 5) is 12.1. The van der Waals surface area contributed by atoms with Crippen molar-refractivity contribution in [2.75, 3.05) is 5.32 Å². The number of hydrogen-bond donors (Lipinski definition) is 1. The Labute approximate surface area is 137 Å². The van der Waals surface area contributed by atoms with Crippen LogP contribution in [-0.4, -0.2) is 5.91 Å². The van der Waals surface area contributed by atoms with E-state index in [0.29, 0.717) is 17.8 Å². The Bertz CT molecular complexity index is 727. The number of anilines is 1. The standard InChI is InChI=1S/C20H23NO2/c1-13(2)16-6-4-5-7-18(16)21-20(22)11-9-15-8-10-19(23-15)17-12-14(17)3/h4-11,13-14,17H,12H2,1-3H3,(H,21,22). The molecule has 1 fully saturated rings. The van der Waals surface area contributed by atoms with Crippen LogP contribution in [0.25, 0.3) is 6.08 Å². The monoisotopic (exact) mass is 309 g/mol. The lowest BCUT2D eigenvalue weighted by Gasteiger charge is -2.12. The van der Waals surface area contributed by atoms with E-state index in [0.717, 1.165) is 22.8 Å². The fourth-order valence-corrected chi connectivity index (χ4v) is 2.82. The van der Waals surface area contributed by atoms with Crippen molar-refractivity contribution in [2.45, 2.75) is 39.0 Å². The minimum Gasteiger partial charge on any atom is -0.461 e. The Morgan fingerprint density at radius 1 is 1.26 bits per heavy atom. The number of carbonyl (C=O) groups excluding carboxylic acids is 1. The quantitative estimate of drug-likeness (QED) is 0.773. The van der Waals surface area contributed by atoms with Gasteiger partial charge in [0.25, 0.3) is 0 Å². The average molecular weight is 309 g/mol. The van der Waals surface area contributed by atoms with Crippen LogP contribution in [-0.2, 0) is 4.79 Å². The third-order valence-electron chi connectivity index (χ3n) is 4.36. The van der Waals surface area contributed by atoms with Crippen LogP contribution < -0.4 is 5.32 Å². The van der Waals surface area contributed by atoms with Crippen molar-refractivity contribution in [3.05, 3.63) is 59.6 Å². The zero-order valence-electron chi connectivity index (χ0n) is 13.9. The van der Waals surface area contributed by atoms with Crippen molar-refractivity contribution < 1.29 is 9.21 Å². The van der Waals surface area contributed by atoms with Crippen molar-refractivity contribution in [3.8, 4) is 0 Å². The maximum absolute atomic E-state index is 12.1. The van der Waals surface area contributed by atoms with Crippen LogP contribution in [0, 0.1) is 5.92 Å². The summed E-state index contributed by atoms with van der Waals surface area (Å²) in [6.45, 7) is 6.45. The fraction of sp³-hybridized carbons (Fsp3) is 0.350. The van der Waals surface area contributed by atoms with Crippen LogP contribution in [0.15, 0.2) is 46.9 Å². The summed E-state index contributed by atoms with van der Waals surface area (Å²) in [6.07, 6.45) is 4.45. The van der Waals surface area contributed by atoms with Crippen molar-refractivity contribution in [1.82, 2.24) is 0 Å². The highest BCUT2D eigenvalue weighted by Gasteiger charge is 2.36. The first-order valence-corrected chi connectivity index (χ1v) is 8.22. The van der Waals surface area contributed by atoms with Gasteiger partial charge in [0.15, 0.2) is 0 Å². The Hall–Kier alpha value is -2.29. The van der Waals surface area contributed by atoms with Crippen molar-refractivity contribution in [2.24, 2.45) is 5.92 Å². The van der Waals surface area contributed by atoms with E-state index in [9.17, 15) is 4.79 Å². The first kappa shape index (κ1) is 15.6. The number of benzene rings is 1. The van der Waals surface area contributed by atoms with Crippen LogP contribution in [0.5, 0.6) is 0 Å². The van der Waals surface area contributed by atoms with Crippen LogP contribution >= 0.6 is 0 Å². The number of carbonyl (C=O) groups is 1. The molecule has 1 saturated carbocycles. The number of hydrogen-bond acceptors (Lipinski definition) is 2. The third kappa shape index (κ3) is 3.73. The molecule has 23 heavy (non-hydrogen) atoms. The summed E-state index contributed by atoms with van der Waals surface area (Å²) in [5.41, 5.74) is 2.00. The molecule has 2 unspecified atom stereocenters. The van der Waals surface area contributed by atoms with Gasteiger partial charge in [-0.25, -0.2) is 0 Å². The molecule has 0 radical (unpaired) electrons. The van der Waals surface area contributed by atoms with E-state index in [-0.39, 0.29) is 5.91 Å². The van der Waals surface area contributed by atoms with Gasteiger partial charge in [-0.2, -0.15) is 0 Å². The highest BCUT2D eigenvalue weighted by Crippen LogP contribution is 2.47. The highest BCUT2D eigenvalue weighted by atomic mass is 16.3. The second-order valence-electron chi connectivity index (χ2n) is 6.62. The molecule has 2 aromatic rings. The molecule has 0 aliphatic heterocycles. The first-order chi connectivity index (χ1) is 11.0. The zero-order chi connectivity index (χ0) is 16.4. The number of rotatable bonds is 5. The fourth-order valence-electron chi connectivity index (χ4n) is 2.82. The largest absolute Gasteiger partial charge is 0.461 e. The van der Waals surface area contributed by atoms with E-state index in [1.807, 2.05) is 36.4 Å². The Morgan fingerprint density at radius 2 is 2.00 bits per heavy atom. The van der Waals surface area contributed by atoms with Crippen LogP contribution in [0.4, 0.5) is 5.69 Å². The molecule has 1 heterocycles. The summed E-state index contributed by atoms with van der Waals surface area (Å²) < 4.78 is 5.77. The van der Waals surface area contributed by atoms with Gasteiger partial charge < -0.3 is 9.73 Å². The second-order valence-corrected chi connectivity index (χ2v) is 6.62. The van der Waals surface area contributed by atoms with Crippen molar-refractivity contribution >= 4 is 17.7 Å². The van der Waals surface area contributed by atoms with Gasteiger partial charge in [-0.05, 0) is 48.1 Å². The molecular weight excluding hydrogens is 286 g/mol. The topological polar surface area (TPSA) is 42.2 Å². The zero-order valence-corrected chi connectivity index (χ0v) is 13.9. The number of amides is 1. The van der Waals surface area contributed by atoms with Gasteiger partial charge in [-0.1, -0.05) is 39.0 Å². The summed E-state index contributed by atoms with van der Waals surface area (Å²) in [5.74, 6) is 3.26. The van der Waals surface area contributed by atoms with Gasteiger partial charge in [-0.3, -0.25) is 4.79 Å². The molecule has 3 nitrogen and oxygen atoms in total. The molecule has 1 aliphatic carbocycles. The summed E-state index contributed by atoms with van der Waals surface area (Å²) in [5, 5.41) is 2.94. The maximum atomic E-state index is 12.1. The van der Waals surface area contributed by atoms with Crippen LogP contribution in [0.2, 0.25) is 0 Å². The second kappa shape index (κ2) is 6.45. The van der Waals surface area contributed by atoms with Gasteiger partial charge in [-0.15, -0.1) is 0 Å². The SMILES string of the molecule is CC(C)c1ccccc1NC(=O)C=Cc1ccc(C2CC2C)o1. The molecule has 1 amide bonds. The van der Waals surface area contributed by atoms with Crippen molar-refractivity contribution in [3.63, 3.8) is 0 Å². The molecule has 2 atom stereocenters. The maximum Gasteiger partial charge on any atom is 0.248 e. The van der Waals surface area contributed by atoms with Gasteiger partial charge in [0.2, 0.25) is 5.91 Å². The van der Waals surface area contributed by atoms with Crippen LogP contribution in [0.1, 0.15) is 56.1 Å². The van der Waals surface area contributed by atoms with Gasteiger partial charge in [0, 0.05) is 17.7 Å². The Balaban J connectivity index is 1.64. The van der Waals surface area contributed by atoms with E-state index in [2.05, 4.69) is 26.1 Å². The molecule has 1 N–H and O–H groups in total. The van der Waals surface area contributed by atoms with E-state index in [4.69, 9.17) is 4.42 Å². The number of nitrogens with one attached hydrogen (secondary N) is 1. The minimum atomic E-state index is -0.143. The molecule has 3 heteroatoms. The molecule has 1 aromatic heterocycles. The predicted octanol–water partition coefficient (Wildman–Crippen LogP) is 5.18. The molecular formula is C20H23NO2. The highest BCUT2D eigenvalue weighted by molar-refractivity contribution is 6.02. The van der Waals surface area contributed by atoms with Gasteiger partial charge >= 0.3 is 0 Å². The first-order valence-electron chi connectivity index (χ1n) is 8.22. The Kier molecular flexibility index (Phi) is 4.37. The van der Waals surface area contributed by atoms with E-state index in [1.54, 1.807) is 6.08 Å². The average Bonchev–Trinajstić information content (AvgIpc) is 3.07. The molecule has 1 aliphatic rings. The predicted molar refractivity (Wildman–Crippen MR) is 93.4 cm³/mol. The van der Waals surface area contributed by atoms with Crippen LogP contribution in [0.3, 0.4) is 0 Å². The number of furan rings is 1. The summed E-state index contributed by atoms with van der Waals surface area (Å²) in [6, 6.07) is 11.8. The smallest absolute Gasteiger partial charge is 0.248 e. The normalized spacial score (nSPS) is 20.2. The Morgan fingerprint density at radius 3 is 2.70 bits per heavy atom. The lowest BCUT2D eigenvalue weighted by molar-refractivity contribution is -0.111.